The van der Waals surface area contributed by atoms with Crippen molar-refractivity contribution in [2.75, 3.05) is 12.8 Å². The number of anilines is 1. The summed E-state index contributed by atoms with van der Waals surface area (Å²) >= 11 is 6.18. The molecule has 4 nitrogen and oxygen atoms in total. The lowest BCUT2D eigenvalue weighted by atomic mass is 10.2. The van der Waals surface area contributed by atoms with Crippen molar-refractivity contribution >= 4 is 28.2 Å². The second-order valence-electron chi connectivity index (χ2n) is 4.50. The number of hydrogen-bond acceptors (Lipinski definition) is 4. The van der Waals surface area contributed by atoms with Gasteiger partial charge >= 0.3 is 0 Å². The molecule has 0 aliphatic heterocycles. The van der Waals surface area contributed by atoms with Gasteiger partial charge in [0.1, 0.15) is 5.75 Å². The van der Waals surface area contributed by atoms with Crippen molar-refractivity contribution in [3.63, 3.8) is 0 Å². The Morgan fingerprint density at radius 3 is 2.76 bits per heavy atom. The zero-order chi connectivity index (χ0) is 14.8. The van der Waals surface area contributed by atoms with Crippen molar-refractivity contribution < 1.29 is 9.47 Å². The standard InChI is InChI=1S/C16H13ClN2O2/c1-20-15-8-11(18)7-13(17)16(15)21-12-6-10-4-2-3-5-14(10)19-9-12/h2-9H,18H2,1H3. The number of para-hydroxylation sites is 1. The van der Waals surface area contributed by atoms with Gasteiger partial charge in [-0.3, -0.25) is 4.98 Å². The Kier molecular flexibility index (Phi) is 3.54. The number of methoxy groups -OCH3 is 1. The van der Waals surface area contributed by atoms with Crippen LogP contribution in [0.15, 0.2) is 48.7 Å². The third-order valence-electron chi connectivity index (χ3n) is 3.04. The van der Waals surface area contributed by atoms with E-state index in [1.165, 1.54) is 7.11 Å². The van der Waals surface area contributed by atoms with E-state index in [4.69, 9.17) is 26.8 Å². The summed E-state index contributed by atoms with van der Waals surface area (Å²) in [6, 6.07) is 13.0. The Bertz CT molecular complexity index is 805. The van der Waals surface area contributed by atoms with Crippen LogP contribution in [0.5, 0.6) is 17.2 Å². The van der Waals surface area contributed by atoms with Crippen LogP contribution in [0.3, 0.4) is 0 Å². The molecule has 3 rings (SSSR count). The normalized spacial score (nSPS) is 10.6. The van der Waals surface area contributed by atoms with Crippen LogP contribution in [0.25, 0.3) is 10.9 Å². The van der Waals surface area contributed by atoms with E-state index < -0.39 is 0 Å². The van der Waals surface area contributed by atoms with Gasteiger partial charge in [-0.1, -0.05) is 29.8 Å². The van der Waals surface area contributed by atoms with Gasteiger partial charge in [-0.25, -0.2) is 0 Å². The van der Waals surface area contributed by atoms with Crippen LogP contribution in [-0.4, -0.2) is 12.1 Å². The van der Waals surface area contributed by atoms with Gasteiger partial charge in [0.25, 0.3) is 0 Å². The highest BCUT2D eigenvalue weighted by Crippen LogP contribution is 2.40. The summed E-state index contributed by atoms with van der Waals surface area (Å²) in [4.78, 5) is 4.35. The number of fused-ring (bicyclic) bond motifs is 1. The predicted octanol–water partition coefficient (Wildman–Crippen LogP) is 4.27. The van der Waals surface area contributed by atoms with E-state index in [0.29, 0.717) is 28.0 Å². The van der Waals surface area contributed by atoms with Crippen LogP contribution in [0.4, 0.5) is 5.69 Å². The summed E-state index contributed by atoms with van der Waals surface area (Å²) in [5, 5.41) is 1.38. The van der Waals surface area contributed by atoms with Crippen molar-refractivity contribution in [3.05, 3.63) is 53.7 Å². The fourth-order valence-corrected chi connectivity index (χ4v) is 2.32. The molecule has 0 spiro atoms. The maximum absolute atomic E-state index is 6.18. The van der Waals surface area contributed by atoms with Crippen molar-refractivity contribution in [1.82, 2.24) is 4.98 Å². The SMILES string of the molecule is COc1cc(N)cc(Cl)c1Oc1cnc2ccccc2c1. The van der Waals surface area contributed by atoms with E-state index in [9.17, 15) is 0 Å². The molecule has 5 heteroatoms. The average molecular weight is 301 g/mol. The number of rotatable bonds is 3. The molecule has 106 valence electrons. The van der Waals surface area contributed by atoms with E-state index in [1.54, 1.807) is 18.3 Å². The van der Waals surface area contributed by atoms with Gasteiger partial charge in [-0.2, -0.15) is 0 Å². The van der Waals surface area contributed by atoms with Gasteiger partial charge in [0.2, 0.25) is 0 Å². The largest absolute Gasteiger partial charge is 0.493 e. The predicted molar refractivity (Wildman–Crippen MR) is 84.2 cm³/mol. The summed E-state index contributed by atoms with van der Waals surface area (Å²) in [5.41, 5.74) is 7.16. The highest BCUT2D eigenvalue weighted by molar-refractivity contribution is 6.32. The van der Waals surface area contributed by atoms with Crippen LogP contribution in [-0.2, 0) is 0 Å². The average Bonchev–Trinajstić information content (AvgIpc) is 2.49. The number of nitrogens with zero attached hydrogens (tertiary/aromatic N) is 1. The molecule has 3 aromatic rings. The second-order valence-corrected chi connectivity index (χ2v) is 4.91. The molecule has 2 N–H and O–H groups in total. The Balaban J connectivity index is 2.02. The third-order valence-corrected chi connectivity index (χ3v) is 3.32. The first-order chi connectivity index (χ1) is 10.2. The summed E-state index contributed by atoms with van der Waals surface area (Å²) in [7, 11) is 1.54. The smallest absolute Gasteiger partial charge is 0.188 e. The highest BCUT2D eigenvalue weighted by Gasteiger charge is 2.12. The van der Waals surface area contributed by atoms with Crippen LogP contribution >= 0.6 is 11.6 Å². The van der Waals surface area contributed by atoms with Gasteiger partial charge in [0.05, 0.1) is 23.8 Å². The highest BCUT2D eigenvalue weighted by atomic mass is 35.5. The number of halogens is 1. The van der Waals surface area contributed by atoms with Crippen LogP contribution in [0.2, 0.25) is 5.02 Å². The van der Waals surface area contributed by atoms with E-state index in [-0.39, 0.29) is 0 Å². The summed E-state index contributed by atoms with van der Waals surface area (Å²) < 4.78 is 11.1. The number of benzene rings is 2. The molecule has 0 saturated heterocycles. The number of nitrogen functional groups attached to an aromatic ring is 1. The number of nitrogens with two attached hydrogens (primary N) is 1. The minimum atomic E-state index is 0.389. The van der Waals surface area contributed by atoms with Crippen LogP contribution in [0.1, 0.15) is 0 Å². The fraction of sp³-hybridized carbons (Fsp3) is 0.0625. The summed E-state index contributed by atoms with van der Waals surface area (Å²) in [6.45, 7) is 0. The van der Waals surface area contributed by atoms with Crippen LogP contribution in [0, 0.1) is 0 Å². The first kappa shape index (κ1) is 13.5. The molecule has 21 heavy (non-hydrogen) atoms. The van der Waals surface area contributed by atoms with Crippen molar-refractivity contribution in [3.8, 4) is 17.2 Å². The van der Waals surface area contributed by atoms with Crippen molar-refractivity contribution in [2.45, 2.75) is 0 Å². The molecule has 0 bridgehead atoms. The maximum atomic E-state index is 6.18. The zero-order valence-electron chi connectivity index (χ0n) is 11.3. The Hall–Kier alpha value is -2.46. The van der Waals surface area contributed by atoms with E-state index in [2.05, 4.69) is 4.98 Å². The molecule has 0 aliphatic rings. The topological polar surface area (TPSA) is 57.4 Å². The molecule has 0 fully saturated rings. The molecular weight excluding hydrogens is 288 g/mol. The van der Waals surface area contributed by atoms with Gasteiger partial charge in [0.15, 0.2) is 11.5 Å². The summed E-state index contributed by atoms with van der Waals surface area (Å²) in [5.74, 6) is 1.48. The lowest BCUT2D eigenvalue weighted by Gasteiger charge is -2.13. The first-order valence-corrected chi connectivity index (χ1v) is 6.71. The number of pyridine rings is 1. The molecule has 0 aliphatic carbocycles. The van der Waals surface area contributed by atoms with Crippen LogP contribution < -0.4 is 15.2 Å². The summed E-state index contributed by atoms with van der Waals surface area (Å²) in [6.07, 6.45) is 1.65. The Morgan fingerprint density at radius 2 is 1.95 bits per heavy atom. The lowest BCUT2D eigenvalue weighted by molar-refractivity contribution is 0.379. The first-order valence-electron chi connectivity index (χ1n) is 6.33. The molecule has 1 aromatic heterocycles. The fourth-order valence-electron chi connectivity index (χ4n) is 2.06. The molecule has 0 saturated carbocycles. The van der Waals surface area contributed by atoms with Gasteiger partial charge in [-0.15, -0.1) is 0 Å². The Labute approximate surface area is 127 Å². The number of hydrogen-bond donors (Lipinski definition) is 1. The molecule has 2 aromatic carbocycles. The van der Waals surface area contributed by atoms with Crippen molar-refractivity contribution in [2.24, 2.45) is 0 Å². The Morgan fingerprint density at radius 1 is 1.14 bits per heavy atom. The minimum Gasteiger partial charge on any atom is -0.493 e. The monoisotopic (exact) mass is 300 g/mol. The van der Waals surface area contributed by atoms with Gasteiger partial charge in [-0.05, 0) is 18.2 Å². The van der Waals surface area contributed by atoms with E-state index >= 15 is 0 Å². The maximum Gasteiger partial charge on any atom is 0.188 e. The second kappa shape index (κ2) is 5.50. The minimum absolute atomic E-state index is 0.389. The van der Waals surface area contributed by atoms with Crippen molar-refractivity contribution in [1.29, 1.82) is 0 Å². The van der Waals surface area contributed by atoms with Gasteiger partial charge in [0, 0.05) is 17.1 Å². The third kappa shape index (κ3) is 2.71. The lowest BCUT2D eigenvalue weighted by Crippen LogP contribution is -1.94. The molecule has 0 radical (unpaired) electrons. The number of aromatic nitrogens is 1. The van der Waals surface area contributed by atoms with E-state index in [0.717, 1.165) is 10.9 Å². The van der Waals surface area contributed by atoms with Gasteiger partial charge < -0.3 is 15.2 Å². The molecule has 0 unspecified atom stereocenters. The molecule has 1 heterocycles. The number of ether oxygens (including phenoxy) is 2. The molecular formula is C16H13ClN2O2. The molecule has 0 amide bonds. The molecule has 0 atom stereocenters. The zero-order valence-corrected chi connectivity index (χ0v) is 12.1. The van der Waals surface area contributed by atoms with E-state index in [1.807, 2.05) is 30.3 Å². The quantitative estimate of drug-likeness (QED) is 0.734.